The number of benzene rings is 1. The number of aliphatic hydroxyl groups excluding tert-OH is 1. The highest BCUT2D eigenvalue weighted by Gasteiger charge is 2.35. The first-order valence-electron chi connectivity index (χ1n) is 7.06. The largest absolute Gasteiger partial charge is 0.394 e. The lowest BCUT2D eigenvalue weighted by atomic mass is 9.82. The van der Waals surface area contributed by atoms with Crippen LogP contribution in [-0.2, 0) is 0 Å². The number of thioether (sulfide) groups is 1. The van der Waals surface area contributed by atoms with Crippen LogP contribution in [0.2, 0.25) is 0 Å². The number of nitrogens with one attached hydrogen (secondary N) is 1. The van der Waals surface area contributed by atoms with Crippen molar-refractivity contribution < 1.29 is 13.9 Å². The molecule has 1 fully saturated rings. The summed E-state index contributed by atoms with van der Waals surface area (Å²) in [5.41, 5.74) is -0.269. The Morgan fingerprint density at radius 2 is 2.25 bits per heavy atom. The first-order chi connectivity index (χ1) is 9.58. The molecule has 20 heavy (non-hydrogen) atoms. The predicted octanol–water partition coefficient (Wildman–Crippen LogP) is 3.34. The normalized spacial score (nSPS) is 26.7. The van der Waals surface area contributed by atoms with Crippen LogP contribution in [0.4, 0.5) is 8.78 Å². The van der Waals surface area contributed by atoms with Gasteiger partial charge in [0, 0.05) is 15.7 Å². The van der Waals surface area contributed by atoms with Crippen molar-refractivity contribution in [3.05, 3.63) is 29.8 Å². The van der Waals surface area contributed by atoms with Gasteiger partial charge >= 0.3 is 0 Å². The second kappa shape index (κ2) is 6.87. The van der Waals surface area contributed by atoms with Crippen molar-refractivity contribution in [2.45, 2.75) is 48.3 Å². The van der Waals surface area contributed by atoms with E-state index in [1.165, 1.54) is 23.9 Å². The number of hydrogen-bond acceptors (Lipinski definition) is 3. The molecule has 2 rings (SSSR count). The lowest BCUT2D eigenvalue weighted by molar-refractivity contribution is 0.125. The van der Waals surface area contributed by atoms with E-state index >= 15 is 0 Å². The van der Waals surface area contributed by atoms with Crippen molar-refractivity contribution in [1.29, 1.82) is 0 Å². The summed E-state index contributed by atoms with van der Waals surface area (Å²) in [6.45, 7) is 2.90. The molecular formula is C15H21F2NOS. The van der Waals surface area contributed by atoms with E-state index < -0.39 is 5.82 Å². The van der Waals surface area contributed by atoms with E-state index in [-0.39, 0.29) is 23.2 Å². The van der Waals surface area contributed by atoms with Crippen molar-refractivity contribution >= 4 is 11.8 Å². The van der Waals surface area contributed by atoms with Gasteiger partial charge in [0.1, 0.15) is 11.6 Å². The van der Waals surface area contributed by atoms with Crippen LogP contribution in [0.25, 0.3) is 0 Å². The van der Waals surface area contributed by atoms with Crippen molar-refractivity contribution in [2.75, 3.05) is 13.2 Å². The van der Waals surface area contributed by atoms with E-state index in [1.54, 1.807) is 0 Å². The van der Waals surface area contributed by atoms with Gasteiger partial charge in [0.05, 0.1) is 6.61 Å². The molecule has 0 spiro atoms. The first-order valence-corrected chi connectivity index (χ1v) is 7.94. The van der Waals surface area contributed by atoms with Gasteiger partial charge in [-0.25, -0.2) is 8.78 Å². The molecular weight excluding hydrogens is 280 g/mol. The molecule has 2 atom stereocenters. The van der Waals surface area contributed by atoms with Crippen LogP contribution in [0.15, 0.2) is 23.1 Å². The number of likely N-dealkylation sites (N-methyl/N-ethyl adjacent to an activating group) is 1. The molecule has 0 heterocycles. The van der Waals surface area contributed by atoms with Crippen molar-refractivity contribution in [2.24, 2.45) is 0 Å². The third-order valence-electron chi connectivity index (χ3n) is 3.84. The Morgan fingerprint density at radius 3 is 2.95 bits per heavy atom. The van der Waals surface area contributed by atoms with Crippen LogP contribution in [0.5, 0.6) is 0 Å². The van der Waals surface area contributed by atoms with Crippen LogP contribution in [-0.4, -0.2) is 29.0 Å². The van der Waals surface area contributed by atoms with E-state index in [4.69, 9.17) is 0 Å². The highest BCUT2D eigenvalue weighted by atomic mass is 32.2. The van der Waals surface area contributed by atoms with Gasteiger partial charge in [-0.3, -0.25) is 0 Å². The van der Waals surface area contributed by atoms with E-state index in [2.05, 4.69) is 5.32 Å². The predicted molar refractivity (Wildman–Crippen MR) is 78.0 cm³/mol. The average Bonchev–Trinajstić information content (AvgIpc) is 2.44. The second-order valence-corrected chi connectivity index (χ2v) is 6.72. The molecule has 1 aromatic carbocycles. The molecule has 0 amide bonds. The molecule has 2 unspecified atom stereocenters. The fourth-order valence-corrected chi connectivity index (χ4v) is 4.30. The molecule has 1 saturated carbocycles. The standard InChI is InChI=1S/C15H21F2NOS/c1-2-18-15(10-19)7-3-4-12(9-15)20-14-8-11(16)5-6-13(14)17/h5-6,8,12,18-19H,2-4,7,9-10H2,1H3. The summed E-state index contributed by atoms with van der Waals surface area (Å²) in [4.78, 5) is 0.361. The smallest absolute Gasteiger partial charge is 0.136 e. The van der Waals surface area contributed by atoms with Crippen LogP contribution in [0.3, 0.4) is 0 Å². The Labute approximate surface area is 123 Å². The molecule has 0 bridgehead atoms. The van der Waals surface area contributed by atoms with E-state index in [0.717, 1.165) is 38.3 Å². The van der Waals surface area contributed by atoms with Crippen molar-refractivity contribution in [3.8, 4) is 0 Å². The number of hydrogen-bond donors (Lipinski definition) is 2. The lowest BCUT2D eigenvalue weighted by Crippen LogP contribution is -2.52. The van der Waals surface area contributed by atoms with Gasteiger partial charge in [0.25, 0.3) is 0 Å². The first kappa shape index (κ1) is 15.7. The zero-order chi connectivity index (χ0) is 14.6. The molecule has 0 saturated heterocycles. The summed E-state index contributed by atoms with van der Waals surface area (Å²) in [7, 11) is 0. The third-order valence-corrected chi connectivity index (χ3v) is 5.14. The maximum absolute atomic E-state index is 13.7. The molecule has 0 aromatic heterocycles. The Kier molecular flexibility index (Phi) is 5.41. The summed E-state index contributed by atoms with van der Waals surface area (Å²) < 4.78 is 26.9. The Balaban J connectivity index is 2.07. The zero-order valence-electron chi connectivity index (χ0n) is 11.7. The van der Waals surface area contributed by atoms with Gasteiger partial charge in [0.15, 0.2) is 0 Å². The summed E-state index contributed by atoms with van der Waals surface area (Å²) in [6.07, 6.45) is 3.66. The minimum Gasteiger partial charge on any atom is -0.394 e. The van der Waals surface area contributed by atoms with Gasteiger partial charge in [-0.1, -0.05) is 13.3 Å². The zero-order valence-corrected chi connectivity index (χ0v) is 12.5. The summed E-state index contributed by atoms with van der Waals surface area (Å²) in [5.74, 6) is -0.787. The minimum atomic E-state index is -0.412. The van der Waals surface area contributed by atoms with Crippen molar-refractivity contribution in [1.82, 2.24) is 5.32 Å². The molecule has 2 nitrogen and oxygen atoms in total. The molecule has 1 aromatic rings. The molecule has 1 aliphatic rings. The van der Waals surface area contributed by atoms with E-state index in [1.807, 2.05) is 6.92 Å². The summed E-state index contributed by atoms with van der Waals surface area (Å²) in [5, 5.41) is 13.2. The number of halogens is 2. The topological polar surface area (TPSA) is 32.3 Å². The third kappa shape index (κ3) is 3.71. The van der Waals surface area contributed by atoms with Crippen molar-refractivity contribution in [3.63, 3.8) is 0 Å². The SMILES string of the molecule is CCNC1(CO)CCCC(Sc2cc(F)ccc2F)C1. The fourth-order valence-electron chi connectivity index (χ4n) is 2.89. The molecule has 112 valence electrons. The van der Waals surface area contributed by atoms with E-state index in [0.29, 0.717) is 4.90 Å². The van der Waals surface area contributed by atoms with Gasteiger partial charge in [-0.05, 0) is 44.0 Å². The monoisotopic (exact) mass is 301 g/mol. The minimum absolute atomic E-state index is 0.0868. The molecule has 1 aliphatic carbocycles. The highest BCUT2D eigenvalue weighted by molar-refractivity contribution is 8.00. The van der Waals surface area contributed by atoms with Crippen LogP contribution < -0.4 is 5.32 Å². The van der Waals surface area contributed by atoms with E-state index in [9.17, 15) is 13.9 Å². The Bertz CT molecular complexity index is 453. The van der Waals surface area contributed by atoms with Crippen LogP contribution in [0.1, 0.15) is 32.6 Å². The van der Waals surface area contributed by atoms with Crippen LogP contribution in [0, 0.1) is 11.6 Å². The maximum atomic E-state index is 13.7. The van der Waals surface area contributed by atoms with Gasteiger partial charge in [-0.15, -0.1) is 11.8 Å². The average molecular weight is 301 g/mol. The Morgan fingerprint density at radius 1 is 1.45 bits per heavy atom. The highest BCUT2D eigenvalue weighted by Crippen LogP contribution is 2.39. The summed E-state index contributed by atoms with van der Waals surface area (Å²) >= 11 is 1.38. The number of aliphatic hydroxyl groups is 1. The molecule has 2 N–H and O–H groups in total. The van der Waals surface area contributed by atoms with Gasteiger partial charge < -0.3 is 10.4 Å². The Hall–Kier alpha value is -0.650. The molecule has 0 radical (unpaired) electrons. The van der Waals surface area contributed by atoms with Gasteiger partial charge in [0.2, 0.25) is 0 Å². The molecule has 0 aliphatic heterocycles. The second-order valence-electron chi connectivity index (χ2n) is 5.38. The van der Waals surface area contributed by atoms with Gasteiger partial charge in [-0.2, -0.15) is 0 Å². The molecule has 5 heteroatoms. The maximum Gasteiger partial charge on any atom is 0.136 e. The fraction of sp³-hybridized carbons (Fsp3) is 0.600. The number of rotatable bonds is 5. The van der Waals surface area contributed by atoms with Crippen LogP contribution >= 0.6 is 11.8 Å². The quantitative estimate of drug-likeness (QED) is 0.875. The summed E-state index contributed by atoms with van der Waals surface area (Å²) in [6, 6.07) is 3.56. The lowest BCUT2D eigenvalue weighted by Gasteiger charge is -2.40.